The third kappa shape index (κ3) is 5.70. The minimum absolute atomic E-state index is 0.0385. The average Bonchev–Trinajstić information content (AvgIpc) is 2.78. The van der Waals surface area contributed by atoms with Gasteiger partial charge in [-0.15, -0.1) is 0 Å². The molecule has 1 N–H and O–H groups in total. The maximum Gasteiger partial charge on any atom is 0.243 e. The first-order valence-corrected chi connectivity index (χ1v) is 12.6. The van der Waals surface area contributed by atoms with Gasteiger partial charge in [0.2, 0.25) is 15.9 Å². The van der Waals surface area contributed by atoms with E-state index in [9.17, 15) is 13.2 Å². The van der Waals surface area contributed by atoms with Gasteiger partial charge in [0.25, 0.3) is 0 Å². The van der Waals surface area contributed by atoms with Crippen LogP contribution in [0.4, 0.5) is 0 Å². The molecule has 1 amide bonds. The Kier molecular flexibility index (Phi) is 7.62. The highest BCUT2D eigenvalue weighted by molar-refractivity contribution is 7.89. The largest absolute Gasteiger partial charge is 0.497 e. The van der Waals surface area contributed by atoms with Gasteiger partial charge in [-0.05, 0) is 60.6 Å². The lowest BCUT2D eigenvalue weighted by atomic mass is 9.80. The number of methoxy groups -OCH3 is 1. The highest BCUT2D eigenvalue weighted by atomic mass is 32.2. The van der Waals surface area contributed by atoms with Gasteiger partial charge in [-0.25, -0.2) is 8.42 Å². The van der Waals surface area contributed by atoms with Crippen LogP contribution < -0.4 is 10.1 Å². The number of benzene rings is 2. The highest BCUT2D eigenvalue weighted by Gasteiger charge is 2.40. The summed E-state index contributed by atoms with van der Waals surface area (Å²) in [7, 11) is -1.94. The zero-order chi connectivity index (χ0) is 23.4. The summed E-state index contributed by atoms with van der Waals surface area (Å²) in [6.45, 7) is 7.31. The van der Waals surface area contributed by atoms with Crippen molar-refractivity contribution in [2.45, 2.75) is 51.5 Å². The quantitative estimate of drug-likeness (QED) is 0.649. The van der Waals surface area contributed by atoms with Crippen molar-refractivity contribution in [3.05, 3.63) is 59.7 Å². The molecule has 174 valence electrons. The number of rotatable bonds is 8. The Morgan fingerprint density at radius 1 is 1.03 bits per heavy atom. The molecule has 0 aromatic heterocycles. The predicted molar refractivity (Wildman–Crippen MR) is 126 cm³/mol. The summed E-state index contributed by atoms with van der Waals surface area (Å²) in [6, 6.07) is 14.8. The Morgan fingerprint density at radius 3 is 2.12 bits per heavy atom. The summed E-state index contributed by atoms with van der Waals surface area (Å²) >= 11 is 0. The fraction of sp³-hybridized carbons (Fsp3) is 0.480. The van der Waals surface area contributed by atoms with E-state index in [1.54, 1.807) is 19.2 Å². The van der Waals surface area contributed by atoms with Gasteiger partial charge < -0.3 is 10.1 Å². The molecule has 32 heavy (non-hydrogen) atoms. The first kappa shape index (κ1) is 24.3. The molecule has 1 aliphatic heterocycles. The van der Waals surface area contributed by atoms with E-state index in [-0.39, 0.29) is 5.91 Å². The lowest BCUT2D eigenvalue weighted by Crippen LogP contribution is -2.48. The first-order valence-electron chi connectivity index (χ1n) is 11.1. The molecule has 0 aliphatic carbocycles. The average molecular weight is 459 g/mol. The molecule has 2 aromatic carbocycles. The van der Waals surface area contributed by atoms with Gasteiger partial charge in [0.15, 0.2) is 0 Å². The summed E-state index contributed by atoms with van der Waals surface area (Å²) in [5.41, 5.74) is 1.54. The number of carbonyl (C=O) groups is 1. The smallest absolute Gasteiger partial charge is 0.243 e. The van der Waals surface area contributed by atoms with Gasteiger partial charge in [0.1, 0.15) is 5.75 Å². The molecule has 0 unspecified atom stereocenters. The summed E-state index contributed by atoms with van der Waals surface area (Å²) in [5.74, 6) is 1.26. The number of piperidine rings is 1. The molecule has 1 fully saturated rings. The number of hydrogen-bond acceptors (Lipinski definition) is 4. The van der Waals surface area contributed by atoms with Gasteiger partial charge in [-0.3, -0.25) is 4.79 Å². The standard InChI is InChI=1S/C25H34N2O4S/c1-19(2)17-20-7-11-23(12-8-20)32(29,30)27-15-13-25(3,14-16-27)24(28)26-18-21-5-9-22(31-4)10-6-21/h5-12,19H,13-18H2,1-4H3,(H,26,28). The van der Waals surface area contributed by atoms with Gasteiger partial charge in [-0.1, -0.05) is 45.0 Å². The van der Waals surface area contributed by atoms with Crippen molar-refractivity contribution in [3.8, 4) is 5.75 Å². The summed E-state index contributed by atoms with van der Waals surface area (Å²) in [4.78, 5) is 13.2. The Balaban J connectivity index is 1.57. The van der Waals surface area contributed by atoms with Crippen molar-refractivity contribution < 1.29 is 17.9 Å². The Hall–Kier alpha value is -2.38. The lowest BCUT2D eigenvalue weighted by Gasteiger charge is -2.37. The molecule has 0 bridgehead atoms. The molecule has 0 atom stereocenters. The molecule has 0 spiro atoms. The fourth-order valence-corrected chi connectivity index (χ4v) is 5.45. The molecule has 1 aliphatic rings. The van der Waals surface area contributed by atoms with Crippen LogP contribution in [0.5, 0.6) is 5.75 Å². The molecular weight excluding hydrogens is 424 g/mol. The molecule has 3 rings (SSSR count). The fourth-order valence-electron chi connectivity index (χ4n) is 4.00. The van der Waals surface area contributed by atoms with Crippen molar-refractivity contribution >= 4 is 15.9 Å². The van der Waals surface area contributed by atoms with Gasteiger partial charge in [0.05, 0.1) is 12.0 Å². The molecule has 7 heteroatoms. The second-order valence-electron chi connectivity index (χ2n) is 9.24. The zero-order valence-corrected chi connectivity index (χ0v) is 20.2. The van der Waals surface area contributed by atoms with E-state index in [1.807, 2.05) is 43.3 Å². The van der Waals surface area contributed by atoms with E-state index < -0.39 is 15.4 Å². The summed E-state index contributed by atoms with van der Waals surface area (Å²) in [6.07, 6.45) is 1.91. The van der Waals surface area contributed by atoms with Crippen LogP contribution in [0.15, 0.2) is 53.4 Å². The normalized spacial score (nSPS) is 16.7. The second-order valence-corrected chi connectivity index (χ2v) is 11.2. The Morgan fingerprint density at radius 2 is 1.59 bits per heavy atom. The summed E-state index contributed by atoms with van der Waals surface area (Å²) in [5, 5.41) is 3.01. The van der Waals surface area contributed by atoms with E-state index in [4.69, 9.17) is 4.74 Å². The molecule has 6 nitrogen and oxygen atoms in total. The molecule has 1 saturated heterocycles. The van der Waals surface area contributed by atoms with Crippen LogP contribution in [0.25, 0.3) is 0 Å². The highest BCUT2D eigenvalue weighted by Crippen LogP contribution is 2.33. The van der Waals surface area contributed by atoms with Crippen LogP contribution in [0.1, 0.15) is 44.7 Å². The van der Waals surface area contributed by atoms with Crippen LogP contribution in [0.3, 0.4) is 0 Å². The van der Waals surface area contributed by atoms with Gasteiger partial charge in [-0.2, -0.15) is 4.31 Å². The van der Waals surface area contributed by atoms with Crippen molar-refractivity contribution in [1.82, 2.24) is 9.62 Å². The maximum atomic E-state index is 13.1. The van der Waals surface area contributed by atoms with E-state index in [1.165, 1.54) is 4.31 Å². The van der Waals surface area contributed by atoms with Gasteiger partial charge >= 0.3 is 0 Å². The second kappa shape index (κ2) is 10.0. The van der Waals surface area contributed by atoms with Crippen LogP contribution >= 0.6 is 0 Å². The molecule has 0 saturated carbocycles. The molecule has 1 heterocycles. The number of ether oxygens (including phenoxy) is 1. The monoisotopic (exact) mass is 458 g/mol. The Labute approximate surface area is 192 Å². The molecule has 0 radical (unpaired) electrons. The SMILES string of the molecule is COc1ccc(CNC(=O)C2(C)CCN(S(=O)(=O)c3ccc(CC(C)C)cc3)CC2)cc1. The lowest BCUT2D eigenvalue weighted by molar-refractivity contribution is -0.132. The maximum absolute atomic E-state index is 13.1. The minimum atomic E-state index is -3.56. The number of amides is 1. The van der Waals surface area contributed by atoms with E-state index in [0.29, 0.717) is 43.3 Å². The van der Waals surface area contributed by atoms with Crippen LogP contribution in [-0.2, 0) is 27.8 Å². The molecule has 2 aromatic rings. The number of sulfonamides is 1. The topological polar surface area (TPSA) is 75.7 Å². The minimum Gasteiger partial charge on any atom is -0.497 e. The van der Waals surface area contributed by atoms with Crippen LogP contribution in [0, 0.1) is 11.3 Å². The third-order valence-electron chi connectivity index (χ3n) is 6.19. The van der Waals surface area contributed by atoms with E-state index in [2.05, 4.69) is 19.2 Å². The molecular formula is C25H34N2O4S. The van der Waals surface area contributed by atoms with Crippen LogP contribution in [-0.4, -0.2) is 38.8 Å². The zero-order valence-electron chi connectivity index (χ0n) is 19.4. The van der Waals surface area contributed by atoms with Crippen molar-refractivity contribution in [1.29, 1.82) is 0 Å². The number of nitrogens with zero attached hydrogens (tertiary/aromatic N) is 1. The number of hydrogen-bond donors (Lipinski definition) is 1. The van der Waals surface area contributed by atoms with Gasteiger partial charge in [0, 0.05) is 25.0 Å². The van der Waals surface area contributed by atoms with Crippen molar-refractivity contribution in [3.63, 3.8) is 0 Å². The van der Waals surface area contributed by atoms with E-state index >= 15 is 0 Å². The van der Waals surface area contributed by atoms with Crippen molar-refractivity contribution in [2.75, 3.05) is 20.2 Å². The van der Waals surface area contributed by atoms with Crippen LogP contribution in [0.2, 0.25) is 0 Å². The summed E-state index contributed by atoms with van der Waals surface area (Å²) < 4.78 is 32.8. The Bertz CT molecular complexity index is 1010. The predicted octanol–water partition coefficient (Wildman–Crippen LogP) is 4.00. The first-order chi connectivity index (χ1) is 15.1. The number of nitrogens with one attached hydrogen (secondary N) is 1. The van der Waals surface area contributed by atoms with E-state index in [0.717, 1.165) is 23.3 Å². The third-order valence-corrected chi connectivity index (χ3v) is 8.10. The van der Waals surface area contributed by atoms with Crippen molar-refractivity contribution in [2.24, 2.45) is 11.3 Å². The number of carbonyl (C=O) groups excluding carboxylic acids is 1.